The third-order valence-corrected chi connectivity index (χ3v) is 4.43. The first-order valence-corrected chi connectivity index (χ1v) is 10.5. The molecule has 4 amide bonds. The first kappa shape index (κ1) is 29.8. The molecule has 9 N–H and O–H groups in total. The van der Waals surface area contributed by atoms with Crippen molar-refractivity contribution in [2.75, 3.05) is 0 Å². The maximum absolute atomic E-state index is 12.8. The van der Waals surface area contributed by atoms with Crippen LogP contribution in [0.4, 0.5) is 0 Å². The lowest BCUT2D eigenvalue weighted by Crippen LogP contribution is -2.58. The van der Waals surface area contributed by atoms with Gasteiger partial charge in [-0.05, 0) is 24.7 Å². The van der Waals surface area contributed by atoms with Crippen LogP contribution in [0.1, 0.15) is 53.4 Å². The van der Waals surface area contributed by atoms with Gasteiger partial charge in [0.05, 0.1) is 18.9 Å². The molecule has 33 heavy (non-hydrogen) atoms. The van der Waals surface area contributed by atoms with E-state index < -0.39 is 72.6 Å². The molecule has 0 saturated heterocycles. The average Bonchev–Trinajstić information content (AvgIpc) is 2.64. The molecule has 0 aromatic rings. The fourth-order valence-corrected chi connectivity index (χ4v) is 2.91. The summed E-state index contributed by atoms with van der Waals surface area (Å²) in [5, 5.41) is 25.1. The highest BCUT2D eigenvalue weighted by atomic mass is 16.4. The van der Waals surface area contributed by atoms with Crippen LogP contribution in [0, 0.1) is 11.8 Å². The second kappa shape index (κ2) is 14.0. The Morgan fingerprint density at radius 3 is 1.55 bits per heavy atom. The zero-order valence-corrected chi connectivity index (χ0v) is 19.3. The van der Waals surface area contributed by atoms with E-state index in [1.165, 1.54) is 0 Å². The average molecular weight is 474 g/mol. The van der Waals surface area contributed by atoms with Gasteiger partial charge in [-0.25, -0.2) is 4.79 Å². The largest absolute Gasteiger partial charge is 0.481 e. The zero-order valence-electron chi connectivity index (χ0n) is 19.3. The molecule has 0 bridgehead atoms. The monoisotopic (exact) mass is 473 g/mol. The van der Waals surface area contributed by atoms with Crippen molar-refractivity contribution in [3.63, 3.8) is 0 Å². The molecule has 13 heteroatoms. The van der Waals surface area contributed by atoms with Crippen LogP contribution in [0.25, 0.3) is 0 Å². The minimum atomic E-state index is -1.51. The van der Waals surface area contributed by atoms with Crippen molar-refractivity contribution in [2.24, 2.45) is 23.3 Å². The van der Waals surface area contributed by atoms with Gasteiger partial charge in [0, 0.05) is 0 Å². The molecule has 0 rings (SSSR count). The van der Waals surface area contributed by atoms with Gasteiger partial charge in [0.2, 0.25) is 23.6 Å². The van der Waals surface area contributed by atoms with E-state index in [4.69, 9.17) is 16.6 Å². The normalized spacial score (nSPS) is 14.6. The molecule has 0 radical (unpaired) electrons. The zero-order chi connectivity index (χ0) is 25.9. The molecule has 0 saturated carbocycles. The van der Waals surface area contributed by atoms with Crippen LogP contribution in [-0.4, -0.2) is 69.9 Å². The second-order valence-corrected chi connectivity index (χ2v) is 8.66. The first-order valence-electron chi connectivity index (χ1n) is 10.5. The summed E-state index contributed by atoms with van der Waals surface area (Å²) in [6.07, 6.45) is -1.02. The number of aliphatic carboxylic acids is 2. The van der Waals surface area contributed by atoms with E-state index in [9.17, 15) is 33.9 Å². The molecule has 0 heterocycles. The number of nitrogens with two attached hydrogens (primary N) is 2. The number of carbonyl (C=O) groups is 6. The number of hydrogen-bond acceptors (Lipinski definition) is 7. The van der Waals surface area contributed by atoms with Crippen molar-refractivity contribution in [1.29, 1.82) is 0 Å². The Morgan fingerprint density at radius 1 is 0.697 bits per heavy atom. The van der Waals surface area contributed by atoms with Gasteiger partial charge >= 0.3 is 11.9 Å². The molecular weight excluding hydrogens is 438 g/mol. The molecule has 0 aliphatic rings. The van der Waals surface area contributed by atoms with Gasteiger partial charge in [0.25, 0.3) is 0 Å². The molecule has 0 aromatic carbocycles. The number of amides is 4. The Kier molecular flexibility index (Phi) is 12.7. The van der Waals surface area contributed by atoms with Crippen molar-refractivity contribution in [3.05, 3.63) is 0 Å². The Balaban J connectivity index is 5.54. The summed E-state index contributed by atoms with van der Waals surface area (Å²) in [7, 11) is 0. The summed E-state index contributed by atoms with van der Waals surface area (Å²) in [5.74, 6) is -6.26. The maximum Gasteiger partial charge on any atom is 0.326 e. The number of carboxylic acid groups (broad SMARTS) is 2. The summed E-state index contributed by atoms with van der Waals surface area (Å²) in [6, 6.07) is -5.32. The summed E-state index contributed by atoms with van der Waals surface area (Å²) in [5.41, 5.74) is 10.6. The minimum absolute atomic E-state index is 0.0188. The van der Waals surface area contributed by atoms with Gasteiger partial charge in [-0.2, -0.15) is 0 Å². The molecule has 13 nitrogen and oxygen atoms in total. The van der Waals surface area contributed by atoms with Gasteiger partial charge in [-0.1, -0.05) is 27.7 Å². The summed E-state index contributed by atoms with van der Waals surface area (Å²) in [6.45, 7) is 7.15. The summed E-state index contributed by atoms with van der Waals surface area (Å²) < 4.78 is 0. The van der Waals surface area contributed by atoms with E-state index in [0.29, 0.717) is 0 Å². The number of rotatable bonds is 15. The molecule has 188 valence electrons. The molecule has 0 aliphatic carbocycles. The second-order valence-electron chi connectivity index (χ2n) is 8.66. The van der Waals surface area contributed by atoms with Crippen LogP contribution in [0.15, 0.2) is 0 Å². The molecule has 0 aliphatic heterocycles. The highest BCUT2D eigenvalue weighted by Crippen LogP contribution is 2.09. The minimum Gasteiger partial charge on any atom is -0.481 e. The fourth-order valence-electron chi connectivity index (χ4n) is 2.91. The molecule has 0 spiro atoms. The van der Waals surface area contributed by atoms with Crippen molar-refractivity contribution >= 4 is 35.6 Å². The predicted octanol–water partition coefficient (Wildman–Crippen LogP) is -1.70. The standard InChI is InChI=1S/C20H35N5O8/c1-9(2)5-12(18(30)25-14(20(32)33)6-10(3)4)24-19(31)13(8-15(22)26)23-17(29)11(21)7-16(27)28/h9-14H,5-8,21H2,1-4H3,(H2,22,26)(H,23,29)(H,24,31)(H,25,30)(H,27,28)(H,32,33). The van der Waals surface area contributed by atoms with Crippen LogP contribution in [-0.2, 0) is 28.8 Å². The van der Waals surface area contributed by atoms with Gasteiger partial charge < -0.3 is 37.6 Å². The van der Waals surface area contributed by atoms with Crippen molar-refractivity contribution in [3.8, 4) is 0 Å². The van der Waals surface area contributed by atoms with E-state index in [1.807, 2.05) is 0 Å². The Labute approximate surface area is 192 Å². The highest BCUT2D eigenvalue weighted by Gasteiger charge is 2.32. The van der Waals surface area contributed by atoms with Crippen molar-refractivity contribution in [1.82, 2.24) is 16.0 Å². The topological polar surface area (TPSA) is 231 Å². The number of nitrogens with one attached hydrogen (secondary N) is 3. The van der Waals surface area contributed by atoms with E-state index in [1.54, 1.807) is 27.7 Å². The lowest BCUT2D eigenvalue weighted by molar-refractivity contribution is -0.143. The SMILES string of the molecule is CC(C)CC(NC(=O)C(CC(C)C)NC(=O)C(CC(N)=O)NC(=O)C(N)CC(=O)O)C(=O)O. The first-order chi connectivity index (χ1) is 15.1. The quantitative estimate of drug-likeness (QED) is 0.143. The molecule has 4 atom stereocenters. The molecule has 0 fully saturated rings. The van der Waals surface area contributed by atoms with Crippen LogP contribution in [0.5, 0.6) is 0 Å². The molecular formula is C20H35N5O8. The number of primary amides is 1. The number of carbonyl (C=O) groups excluding carboxylic acids is 4. The Hall–Kier alpha value is -3.22. The fraction of sp³-hybridized carbons (Fsp3) is 0.700. The van der Waals surface area contributed by atoms with Crippen molar-refractivity contribution in [2.45, 2.75) is 77.5 Å². The van der Waals surface area contributed by atoms with Crippen LogP contribution < -0.4 is 27.4 Å². The van der Waals surface area contributed by atoms with Crippen LogP contribution in [0.2, 0.25) is 0 Å². The number of hydrogen-bond donors (Lipinski definition) is 7. The third kappa shape index (κ3) is 12.4. The Morgan fingerprint density at radius 2 is 1.12 bits per heavy atom. The summed E-state index contributed by atoms with van der Waals surface area (Å²) in [4.78, 5) is 71.2. The molecule has 4 unspecified atom stereocenters. The maximum atomic E-state index is 12.8. The highest BCUT2D eigenvalue weighted by molar-refractivity contribution is 5.96. The lowest BCUT2D eigenvalue weighted by Gasteiger charge is -2.26. The third-order valence-electron chi connectivity index (χ3n) is 4.43. The lowest BCUT2D eigenvalue weighted by atomic mass is 10.00. The van der Waals surface area contributed by atoms with Crippen LogP contribution >= 0.6 is 0 Å². The van der Waals surface area contributed by atoms with Crippen molar-refractivity contribution < 1.29 is 39.0 Å². The predicted molar refractivity (Wildman–Crippen MR) is 116 cm³/mol. The van der Waals surface area contributed by atoms with Gasteiger partial charge in [0.1, 0.15) is 18.1 Å². The number of carboxylic acids is 2. The van der Waals surface area contributed by atoms with E-state index in [2.05, 4.69) is 16.0 Å². The Bertz CT molecular complexity index is 740. The molecule has 0 aromatic heterocycles. The van der Waals surface area contributed by atoms with E-state index in [-0.39, 0.29) is 24.7 Å². The van der Waals surface area contributed by atoms with Gasteiger partial charge in [-0.15, -0.1) is 0 Å². The van der Waals surface area contributed by atoms with Crippen LogP contribution in [0.3, 0.4) is 0 Å². The smallest absolute Gasteiger partial charge is 0.326 e. The van der Waals surface area contributed by atoms with E-state index >= 15 is 0 Å². The van der Waals surface area contributed by atoms with Gasteiger partial charge in [0.15, 0.2) is 0 Å². The van der Waals surface area contributed by atoms with E-state index in [0.717, 1.165) is 0 Å². The van der Waals surface area contributed by atoms with Gasteiger partial charge in [-0.3, -0.25) is 24.0 Å². The summed E-state index contributed by atoms with van der Waals surface area (Å²) >= 11 is 0.